The van der Waals surface area contributed by atoms with Crippen molar-refractivity contribution in [2.45, 2.75) is 37.3 Å². The van der Waals surface area contributed by atoms with Gasteiger partial charge in [-0.3, -0.25) is 4.79 Å². The molecule has 0 bridgehead atoms. The van der Waals surface area contributed by atoms with Crippen LogP contribution in [0.15, 0.2) is 60.7 Å². The Morgan fingerprint density at radius 2 is 1.62 bits per heavy atom. The maximum Gasteiger partial charge on any atom is 0.253 e. The molecule has 200 valence electrons. The molecule has 3 fully saturated rings. The van der Waals surface area contributed by atoms with Crippen LogP contribution in [0, 0.1) is 5.82 Å². The van der Waals surface area contributed by atoms with E-state index in [2.05, 4.69) is 9.97 Å². The quantitative estimate of drug-likeness (QED) is 0.403. The molecule has 3 aliphatic rings. The van der Waals surface area contributed by atoms with E-state index in [0.717, 1.165) is 37.1 Å². The van der Waals surface area contributed by atoms with Crippen molar-refractivity contribution in [2.24, 2.45) is 0 Å². The maximum absolute atomic E-state index is 15.1. The predicted molar refractivity (Wildman–Crippen MR) is 142 cm³/mol. The highest BCUT2D eigenvalue weighted by Crippen LogP contribution is 2.32. The molecule has 0 aliphatic carbocycles. The summed E-state index contributed by atoms with van der Waals surface area (Å²) in [5.74, 6) is 0.0753. The van der Waals surface area contributed by atoms with Gasteiger partial charge in [0.05, 0.1) is 24.2 Å². The van der Waals surface area contributed by atoms with Crippen molar-refractivity contribution in [3.8, 4) is 28.3 Å². The summed E-state index contributed by atoms with van der Waals surface area (Å²) in [6, 6.07) is 18.3. The van der Waals surface area contributed by atoms with Crippen LogP contribution in [0.25, 0.3) is 33.4 Å². The van der Waals surface area contributed by atoms with Crippen LogP contribution in [0.5, 0.6) is 5.88 Å². The van der Waals surface area contributed by atoms with E-state index in [1.807, 2.05) is 53.4 Å². The molecule has 0 saturated carbocycles. The third-order valence-corrected chi connectivity index (χ3v) is 7.81. The lowest BCUT2D eigenvalue weighted by atomic mass is 10.0. The number of benzene rings is 2. The highest BCUT2D eigenvalue weighted by Gasteiger charge is 2.48. The van der Waals surface area contributed by atoms with Gasteiger partial charge < -0.3 is 29.2 Å². The fourth-order valence-corrected chi connectivity index (χ4v) is 5.71. The van der Waals surface area contributed by atoms with Gasteiger partial charge in [-0.25, -0.2) is 9.37 Å². The predicted octanol–water partition coefficient (Wildman–Crippen LogP) is 4.18. The number of aromatic amines is 1. The van der Waals surface area contributed by atoms with Gasteiger partial charge in [0.15, 0.2) is 17.8 Å². The van der Waals surface area contributed by atoms with Crippen molar-refractivity contribution >= 4 is 16.9 Å². The molecule has 7 rings (SSSR count). The van der Waals surface area contributed by atoms with Crippen LogP contribution in [0.2, 0.25) is 0 Å². The summed E-state index contributed by atoms with van der Waals surface area (Å²) in [4.78, 5) is 22.1. The summed E-state index contributed by atoms with van der Waals surface area (Å²) in [6.45, 7) is 2.18. The van der Waals surface area contributed by atoms with Gasteiger partial charge in [-0.15, -0.1) is 0 Å². The summed E-state index contributed by atoms with van der Waals surface area (Å²) in [6.07, 6.45) is 0.376. The highest BCUT2D eigenvalue weighted by atomic mass is 19.1. The van der Waals surface area contributed by atoms with E-state index in [0.29, 0.717) is 34.6 Å². The van der Waals surface area contributed by atoms with Crippen LogP contribution in [-0.2, 0) is 9.47 Å². The van der Waals surface area contributed by atoms with Gasteiger partial charge >= 0.3 is 0 Å². The number of rotatable bonds is 5. The van der Waals surface area contributed by atoms with Gasteiger partial charge in [0.25, 0.3) is 5.91 Å². The van der Waals surface area contributed by atoms with Gasteiger partial charge in [0.2, 0.25) is 0 Å². The number of hydrogen-bond acceptors (Lipinski definition) is 6. The number of carbonyl (C=O) groups is 1. The average molecular weight is 530 g/mol. The second-order valence-electron chi connectivity index (χ2n) is 10.4. The first-order valence-corrected chi connectivity index (χ1v) is 13.3. The number of aromatic nitrogens is 2. The summed E-state index contributed by atoms with van der Waals surface area (Å²) in [5, 5.41) is 9.94. The van der Waals surface area contributed by atoms with E-state index in [1.54, 1.807) is 6.07 Å². The number of halogens is 1. The highest BCUT2D eigenvalue weighted by molar-refractivity contribution is 5.95. The van der Waals surface area contributed by atoms with Gasteiger partial charge in [0.1, 0.15) is 24.0 Å². The number of hydrogen-bond donors (Lipinski definition) is 2. The number of carbonyl (C=O) groups excluding carboxylic acids is 1. The third kappa shape index (κ3) is 4.46. The summed E-state index contributed by atoms with van der Waals surface area (Å²) in [7, 11) is 0. The summed E-state index contributed by atoms with van der Waals surface area (Å²) in [5.41, 5.74) is 4.64. The van der Waals surface area contributed by atoms with Crippen molar-refractivity contribution in [3.63, 3.8) is 0 Å². The maximum atomic E-state index is 15.1. The molecular formula is C30H28FN3O5. The molecule has 4 aromatic rings. The molecule has 0 spiro atoms. The smallest absolute Gasteiger partial charge is 0.253 e. The Kier molecular flexibility index (Phi) is 6.07. The SMILES string of the molecule is O=C(c1ccc(-c2ccc(-c3nc4cc(O[C@@H]5CO[C@H]6[C@@H]5OC[C@H]6O)[nH]c4cc3F)cc2)cc1)N1CCCC1. The minimum absolute atomic E-state index is 0.0797. The molecular weight excluding hydrogens is 501 g/mol. The van der Waals surface area contributed by atoms with Gasteiger partial charge in [-0.05, 0) is 36.1 Å². The number of aliphatic hydroxyl groups is 1. The van der Waals surface area contributed by atoms with Crippen molar-refractivity contribution in [1.82, 2.24) is 14.9 Å². The Morgan fingerprint density at radius 1 is 0.949 bits per heavy atom. The van der Waals surface area contributed by atoms with Gasteiger partial charge in [0, 0.05) is 36.3 Å². The Morgan fingerprint density at radius 3 is 2.36 bits per heavy atom. The number of nitrogens with zero attached hydrogens (tertiary/aromatic N) is 2. The Bertz CT molecular complexity index is 1510. The molecule has 39 heavy (non-hydrogen) atoms. The lowest BCUT2D eigenvalue weighted by molar-refractivity contribution is 0.00794. The van der Waals surface area contributed by atoms with Crippen LogP contribution in [0.1, 0.15) is 23.2 Å². The number of fused-ring (bicyclic) bond motifs is 2. The molecule has 3 saturated heterocycles. The Labute approximate surface area is 224 Å². The van der Waals surface area contributed by atoms with Crippen molar-refractivity contribution in [2.75, 3.05) is 26.3 Å². The van der Waals surface area contributed by atoms with Gasteiger partial charge in [-0.2, -0.15) is 0 Å². The van der Waals surface area contributed by atoms with Crippen molar-refractivity contribution < 1.29 is 28.5 Å². The molecule has 5 heterocycles. The molecule has 0 radical (unpaired) electrons. The molecule has 1 amide bonds. The first-order valence-electron chi connectivity index (χ1n) is 13.3. The molecule has 8 nitrogen and oxygen atoms in total. The number of pyridine rings is 1. The number of H-pyrrole nitrogens is 1. The van der Waals surface area contributed by atoms with Crippen LogP contribution in [0.3, 0.4) is 0 Å². The Hall–Kier alpha value is -3.79. The van der Waals surface area contributed by atoms with E-state index >= 15 is 4.39 Å². The zero-order chi connectivity index (χ0) is 26.5. The van der Waals surface area contributed by atoms with E-state index in [9.17, 15) is 9.90 Å². The molecule has 2 N–H and O–H groups in total. The second kappa shape index (κ2) is 9.75. The largest absolute Gasteiger partial charge is 0.470 e. The van der Waals surface area contributed by atoms with E-state index in [4.69, 9.17) is 14.2 Å². The monoisotopic (exact) mass is 529 g/mol. The molecule has 3 aliphatic heterocycles. The van der Waals surface area contributed by atoms with E-state index in [-0.39, 0.29) is 36.5 Å². The van der Waals surface area contributed by atoms with E-state index < -0.39 is 11.9 Å². The standard InChI is InChI=1S/C30H28FN3O5/c31-21-13-22-23(14-26(32-22)39-25-16-38-28-24(35)15-37-29(25)28)33-27(21)19-7-3-17(4-8-19)18-5-9-20(10-6-18)30(36)34-11-1-2-12-34/h3-10,13-14,24-25,28-29,32,35H,1-2,11-12,15-16H2/t24-,25-,28-,29-/m1/s1. The number of amides is 1. The summed E-state index contributed by atoms with van der Waals surface area (Å²) < 4.78 is 32.3. The second-order valence-corrected chi connectivity index (χ2v) is 10.4. The zero-order valence-corrected chi connectivity index (χ0v) is 21.2. The summed E-state index contributed by atoms with van der Waals surface area (Å²) >= 11 is 0. The fourth-order valence-electron chi connectivity index (χ4n) is 5.71. The first-order chi connectivity index (χ1) is 19.0. The molecule has 0 unspecified atom stereocenters. The van der Waals surface area contributed by atoms with Crippen LogP contribution in [-0.4, -0.2) is 76.6 Å². The lowest BCUT2D eigenvalue weighted by Gasteiger charge is -2.16. The topological polar surface area (TPSA) is 96.9 Å². The minimum Gasteiger partial charge on any atom is -0.470 e. The lowest BCUT2D eigenvalue weighted by Crippen LogP contribution is -2.34. The number of ether oxygens (including phenoxy) is 3. The molecule has 2 aromatic heterocycles. The minimum atomic E-state index is -0.653. The zero-order valence-electron chi connectivity index (χ0n) is 21.2. The molecule has 9 heteroatoms. The first kappa shape index (κ1) is 24.3. The van der Waals surface area contributed by atoms with Crippen molar-refractivity contribution in [1.29, 1.82) is 0 Å². The van der Waals surface area contributed by atoms with E-state index in [1.165, 1.54) is 6.07 Å². The van der Waals surface area contributed by atoms with Crippen LogP contribution < -0.4 is 4.74 Å². The number of nitrogens with one attached hydrogen (secondary N) is 1. The molecule has 4 atom stereocenters. The number of aliphatic hydroxyl groups excluding tert-OH is 1. The van der Waals surface area contributed by atoms with Crippen LogP contribution in [0.4, 0.5) is 4.39 Å². The van der Waals surface area contributed by atoms with Gasteiger partial charge in [-0.1, -0.05) is 36.4 Å². The average Bonchev–Trinajstić information content (AvgIpc) is 3.76. The number of likely N-dealkylation sites (tertiary alicyclic amines) is 1. The fraction of sp³-hybridized carbons (Fsp3) is 0.333. The van der Waals surface area contributed by atoms with Crippen LogP contribution >= 0.6 is 0 Å². The third-order valence-electron chi connectivity index (χ3n) is 7.81. The van der Waals surface area contributed by atoms with Crippen molar-refractivity contribution in [3.05, 3.63) is 72.0 Å². The Balaban J connectivity index is 1.08. The normalized spacial score (nSPS) is 24.4. The molecule has 2 aromatic carbocycles.